The van der Waals surface area contributed by atoms with Crippen molar-refractivity contribution >= 4 is 46.9 Å². The number of pyridine rings is 1. The second-order valence-electron chi connectivity index (χ2n) is 6.10. The molecular weight excluding hydrogens is 497 g/mol. The first-order valence-electron chi connectivity index (χ1n) is 9.14. The van der Waals surface area contributed by atoms with E-state index in [1.807, 2.05) is 53.9 Å². The van der Waals surface area contributed by atoms with E-state index in [0.717, 1.165) is 40.2 Å². The molecule has 1 aromatic carbocycles. The molecule has 0 aliphatic rings. The van der Waals surface area contributed by atoms with Crippen molar-refractivity contribution in [1.29, 1.82) is 0 Å². The lowest BCUT2D eigenvalue weighted by Gasteiger charge is -2.10. The highest BCUT2D eigenvalue weighted by Crippen LogP contribution is 2.23. The quantitative estimate of drug-likeness (QED) is 0.231. The van der Waals surface area contributed by atoms with Crippen LogP contribution in [0.3, 0.4) is 0 Å². The summed E-state index contributed by atoms with van der Waals surface area (Å²) in [5, 5.41) is 18.1. The molecule has 0 saturated carbocycles. The van der Waals surface area contributed by atoms with E-state index in [-0.39, 0.29) is 24.0 Å². The number of nitrogens with zero attached hydrogens (tertiary/aromatic N) is 5. The number of rotatable bonds is 6. The molecule has 4 aromatic rings. The summed E-state index contributed by atoms with van der Waals surface area (Å²) in [6.45, 7) is 3.86. The van der Waals surface area contributed by atoms with E-state index in [1.165, 1.54) is 0 Å². The summed E-state index contributed by atoms with van der Waals surface area (Å²) >= 11 is 1.64. The molecule has 2 N–H and O–H groups in total. The minimum absolute atomic E-state index is 0. The average Bonchev–Trinajstić information content (AvgIpc) is 3.38. The summed E-state index contributed by atoms with van der Waals surface area (Å²) < 4.78 is 1.96. The van der Waals surface area contributed by atoms with Gasteiger partial charge < -0.3 is 10.6 Å². The summed E-state index contributed by atoms with van der Waals surface area (Å²) in [5.41, 5.74) is 2.91. The largest absolute Gasteiger partial charge is 0.357 e. The number of benzene rings is 1. The first-order chi connectivity index (χ1) is 13.8. The number of thiazole rings is 1. The van der Waals surface area contributed by atoms with E-state index in [4.69, 9.17) is 4.98 Å². The monoisotopic (exact) mass is 519 g/mol. The van der Waals surface area contributed by atoms with Gasteiger partial charge in [-0.25, -0.2) is 9.98 Å². The molecule has 0 amide bonds. The SMILES string of the molecule is CCNC(=NCc1csc(-c2ccccc2)n1)NCc1nnc2ccccn12.I. The molecule has 0 bridgehead atoms. The number of aromatic nitrogens is 4. The predicted molar refractivity (Wildman–Crippen MR) is 128 cm³/mol. The van der Waals surface area contributed by atoms with Crippen molar-refractivity contribution in [2.45, 2.75) is 20.0 Å². The van der Waals surface area contributed by atoms with Crippen LogP contribution in [-0.2, 0) is 13.1 Å². The van der Waals surface area contributed by atoms with Crippen LogP contribution < -0.4 is 10.6 Å². The summed E-state index contributed by atoms with van der Waals surface area (Å²) in [6.07, 6.45) is 1.96. The third kappa shape index (κ3) is 5.30. The minimum atomic E-state index is 0. The van der Waals surface area contributed by atoms with Crippen molar-refractivity contribution in [3.05, 3.63) is 71.6 Å². The van der Waals surface area contributed by atoms with E-state index < -0.39 is 0 Å². The molecule has 0 radical (unpaired) electrons. The number of fused-ring (bicyclic) bond motifs is 1. The highest BCUT2D eigenvalue weighted by molar-refractivity contribution is 14.0. The Labute approximate surface area is 190 Å². The Morgan fingerprint density at radius 1 is 1.07 bits per heavy atom. The van der Waals surface area contributed by atoms with Gasteiger partial charge in [-0.15, -0.1) is 45.5 Å². The Bertz CT molecular complexity index is 1070. The fourth-order valence-electron chi connectivity index (χ4n) is 2.77. The maximum atomic E-state index is 4.69. The molecule has 4 rings (SSSR count). The Hall–Kier alpha value is -2.53. The van der Waals surface area contributed by atoms with Crippen LogP contribution in [0.15, 0.2) is 65.1 Å². The topological polar surface area (TPSA) is 79.5 Å². The van der Waals surface area contributed by atoms with Gasteiger partial charge in [0, 0.05) is 23.7 Å². The van der Waals surface area contributed by atoms with Gasteiger partial charge >= 0.3 is 0 Å². The number of hydrogen-bond acceptors (Lipinski definition) is 5. The van der Waals surface area contributed by atoms with Gasteiger partial charge in [-0.2, -0.15) is 0 Å². The fourth-order valence-corrected chi connectivity index (χ4v) is 3.59. The Kier molecular flexibility index (Phi) is 7.53. The predicted octanol–water partition coefficient (Wildman–Crippen LogP) is 3.73. The minimum Gasteiger partial charge on any atom is -0.357 e. The molecule has 0 atom stereocenters. The molecule has 150 valence electrons. The molecule has 0 unspecified atom stereocenters. The lowest BCUT2D eigenvalue weighted by molar-refractivity contribution is 0.764. The van der Waals surface area contributed by atoms with Crippen molar-refractivity contribution in [2.24, 2.45) is 4.99 Å². The number of guanidine groups is 1. The number of aliphatic imine (C=N–C) groups is 1. The molecule has 7 nitrogen and oxygen atoms in total. The Morgan fingerprint density at radius 3 is 2.72 bits per heavy atom. The second-order valence-corrected chi connectivity index (χ2v) is 6.96. The lowest BCUT2D eigenvalue weighted by Crippen LogP contribution is -2.37. The first kappa shape index (κ1) is 21.2. The molecule has 3 aromatic heterocycles. The van der Waals surface area contributed by atoms with Crippen LogP contribution in [0.2, 0.25) is 0 Å². The van der Waals surface area contributed by atoms with Crippen LogP contribution >= 0.6 is 35.3 Å². The standard InChI is InChI=1S/C20H21N7S.HI/c1-2-21-20(23-13-18-26-25-17-10-6-7-11-27(17)18)22-12-16-14-28-19(24-16)15-8-4-3-5-9-15;/h3-11,14H,2,12-13H2,1H3,(H2,21,22,23);1H. The number of hydrogen-bond donors (Lipinski definition) is 2. The highest BCUT2D eigenvalue weighted by atomic mass is 127. The molecular formula is C20H22IN7S. The van der Waals surface area contributed by atoms with E-state index in [1.54, 1.807) is 11.3 Å². The summed E-state index contributed by atoms with van der Waals surface area (Å²) in [5.74, 6) is 1.56. The number of halogens is 1. The van der Waals surface area contributed by atoms with Gasteiger partial charge in [0.2, 0.25) is 0 Å². The zero-order valence-corrected chi connectivity index (χ0v) is 19.1. The van der Waals surface area contributed by atoms with Crippen molar-refractivity contribution in [2.75, 3.05) is 6.54 Å². The third-order valence-electron chi connectivity index (χ3n) is 4.11. The Morgan fingerprint density at radius 2 is 1.90 bits per heavy atom. The van der Waals surface area contributed by atoms with Crippen molar-refractivity contribution in [3.63, 3.8) is 0 Å². The molecule has 0 aliphatic heterocycles. The second kappa shape index (κ2) is 10.3. The van der Waals surface area contributed by atoms with E-state index in [2.05, 4.69) is 43.3 Å². The zero-order valence-electron chi connectivity index (χ0n) is 15.9. The van der Waals surface area contributed by atoms with Gasteiger partial charge in [0.05, 0.1) is 18.8 Å². The zero-order chi connectivity index (χ0) is 19.2. The van der Waals surface area contributed by atoms with E-state index in [0.29, 0.717) is 13.1 Å². The first-order valence-corrected chi connectivity index (χ1v) is 10.0. The van der Waals surface area contributed by atoms with Gasteiger partial charge in [-0.1, -0.05) is 36.4 Å². The van der Waals surface area contributed by atoms with Crippen LogP contribution in [0.25, 0.3) is 16.2 Å². The summed E-state index contributed by atoms with van der Waals surface area (Å²) in [7, 11) is 0. The lowest BCUT2D eigenvalue weighted by atomic mass is 10.2. The van der Waals surface area contributed by atoms with Gasteiger partial charge in [0.15, 0.2) is 17.4 Å². The van der Waals surface area contributed by atoms with Crippen LogP contribution in [0.1, 0.15) is 18.4 Å². The van der Waals surface area contributed by atoms with E-state index in [9.17, 15) is 0 Å². The summed E-state index contributed by atoms with van der Waals surface area (Å²) in [6, 6.07) is 16.0. The van der Waals surface area contributed by atoms with Crippen molar-refractivity contribution < 1.29 is 0 Å². The molecule has 0 spiro atoms. The van der Waals surface area contributed by atoms with Crippen LogP contribution in [0, 0.1) is 0 Å². The van der Waals surface area contributed by atoms with Crippen molar-refractivity contribution in [3.8, 4) is 10.6 Å². The van der Waals surface area contributed by atoms with Crippen LogP contribution in [-0.4, -0.2) is 32.1 Å². The fraction of sp³-hybridized carbons (Fsp3) is 0.200. The molecule has 0 aliphatic carbocycles. The number of nitrogens with one attached hydrogen (secondary N) is 2. The molecule has 0 fully saturated rings. The van der Waals surface area contributed by atoms with Crippen molar-refractivity contribution in [1.82, 2.24) is 30.2 Å². The molecule has 0 saturated heterocycles. The highest BCUT2D eigenvalue weighted by Gasteiger charge is 2.07. The average molecular weight is 519 g/mol. The van der Waals surface area contributed by atoms with Gasteiger partial charge in [0.1, 0.15) is 5.01 Å². The summed E-state index contributed by atoms with van der Waals surface area (Å²) in [4.78, 5) is 9.34. The maximum absolute atomic E-state index is 4.69. The maximum Gasteiger partial charge on any atom is 0.192 e. The molecule has 9 heteroatoms. The van der Waals surface area contributed by atoms with Gasteiger partial charge in [-0.3, -0.25) is 4.40 Å². The molecule has 3 heterocycles. The van der Waals surface area contributed by atoms with E-state index >= 15 is 0 Å². The molecule has 29 heavy (non-hydrogen) atoms. The smallest absolute Gasteiger partial charge is 0.192 e. The third-order valence-corrected chi connectivity index (χ3v) is 5.05. The van der Waals surface area contributed by atoms with Crippen LogP contribution in [0.5, 0.6) is 0 Å². The van der Waals surface area contributed by atoms with Gasteiger partial charge in [0.25, 0.3) is 0 Å². The Balaban J connectivity index is 0.00000240. The van der Waals surface area contributed by atoms with Gasteiger partial charge in [-0.05, 0) is 19.1 Å². The normalized spacial score (nSPS) is 11.3. The van der Waals surface area contributed by atoms with Crippen LogP contribution in [0.4, 0.5) is 0 Å².